The molecule has 133 valence electrons. The summed E-state index contributed by atoms with van der Waals surface area (Å²) in [5, 5.41) is 0. The van der Waals surface area contributed by atoms with Crippen LogP contribution < -0.4 is 0 Å². The zero-order valence-corrected chi connectivity index (χ0v) is 14.8. The van der Waals surface area contributed by atoms with Crippen LogP contribution in [0.2, 0.25) is 0 Å². The highest BCUT2D eigenvalue weighted by Gasteiger charge is 1.94. The zero-order chi connectivity index (χ0) is 16.1. The lowest BCUT2D eigenvalue weighted by atomic mass is 10.1. The van der Waals surface area contributed by atoms with E-state index in [-0.39, 0.29) is 0 Å². The molecule has 0 aliphatic carbocycles. The van der Waals surface area contributed by atoms with Gasteiger partial charge in [-0.3, -0.25) is 0 Å². The Bertz CT molecular complexity index is 168. The third-order valence-corrected chi connectivity index (χ3v) is 3.37. The Morgan fingerprint density at radius 1 is 0.591 bits per heavy atom. The summed E-state index contributed by atoms with van der Waals surface area (Å²) < 4.78 is 21.3. The molecule has 0 rings (SSSR count). The van der Waals surface area contributed by atoms with Crippen LogP contribution in [0.3, 0.4) is 0 Å². The Morgan fingerprint density at radius 2 is 1.18 bits per heavy atom. The number of ether oxygens (including phenoxy) is 4. The first-order valence-corrected chi connectivity index (χ1v) is 9.08. The van der Waals surface area contributed by atoms with Gasteiger partial charge in [0.15, 0.2) is 0 Å². The second-order valence-electron chi connectivity index (χ2n) is 5.40. The van der Waals surface area contributed by atoms with Crippen molar-refractivity contribution in [3.05, 3.63) is 6.61 Å². The standard InChI is InChI=1S/C18H37O4/c1-3-5-6-7-8-9-10-11-12-20-15-16-22-18-17-21-14-13-19-4-2/h15H,3-14,16-18H2,1-2H3. The minimum absolute atomic E-state index is 0.534. The van der Waals surface area contributed by atoms with Crippen LogP contribution in [0.1, 0.15) is 65.2 Å². The molecule has 0 aromatic carbocycles. The maximum Gasteiger partial charge on any atom is 0.109 e. The normalized spacial score (nSPS) is 11.2. The molecule has 0 amide bonds. The Morgan fingerprint density at radius 3 is 1.86 bits per heavy atom. The fourth-order valence-corrected chi connectivity index (χ4v) is 2.06. The van der Waals surface area contributed by atoms with E-state index in [1.165, 1.54) is 44.9 Å². The molecule has 0 N–H and O–H groups in total. The summed E-state index contributed by atoms with van der Waals surface area (Å²) in [6.07, 6.45) is 10.6. The fourth-order valence-electron chi connectivity index (χ4n) is 2.06. The smallest absolute Gasteiger partial charge is 0.109 e. The summed E-state index contributed by atoms with van der Waals surface area (Å²) in [6.45, 7) is 10.6. The van der Waals surface area contributed by atoms with Crippen molar-refractivity contribution in [3.63, 3.8) is 0 Å². The molecular weight excluding hydrogens is 280 g/mol. The van der Waals surface area contributed by atoms with Crippen molar-refractivity contribution in [1.29, 1.82) is 0 Å². The van der Waals surface area contributed by atoms with Crippen LogP contribution in [0.25, 0.3) is 0 Å². The molecule has 0 atom stereocenters. The highest BCUT2D eigenvalue weighted by atomic mass is 16.6. The molecule has 0 aliphatic rings. The van der Waals surface area contributed by atoms with E-state index in [2.05, 4.69) is 6.92 Å². The van der Waals surface area contributed by atoms with Gasteiger partial charge < -0.3 is 18.9 Å². The molecule has 0 fully saturated rings. The first kappa shape index (κ1) is 21.8. The van der Waals surface area contributed by atoms with Gasteiger partial charge in [0.05, 0.1) is 33.0 Å². The summed E-state index contributed by atoms with van der Waals surface area (Å²) in [5.74, 6) is 0. The van der Waals surface area contributed by atoms with Crippen LogP contribution in [-0.4, -0.2) is 46.2 Å². The van der Waals surface area contributed by atoms with Crippen molar-refractivity contribution >= 4 is 0 Å². The number of hydrogen-bond donors (Lipinski definition) is 0. The van der Waals surface area contributed by atoms with Crippen LogP contribution in [-0.2, 0) is 18.9 Å². The topological polar surface area (TPSA) is 36.9 Å². The predicted molar refractivity (Wildman–Crippen MR) is 91.0 cm³/mol. The van der Waals surface area contributed by atoms with Crippen LogP contribution >= 0.6 is 0 Å². The maximum absolute atomic E-state index is 5.43. The summed E-state index contributed by atoms with van der Waals surface area (Å²) in [7, 11) is 0. The molecule has 0 bridgehead atoms. The highest BCUT2D eigenvalue weighted by molar-refractivity contribution is 4.50. The Kier molecular flexibility index (Phi) is 20.7. The van der Waals surface area contributed by atoms with Gasteiger partial charge in [-0.15, -0.1) is 0 Å². The quantitative estimate of drug-likeness (QED) is 0.331. The Labute approximate surface area is 137 Å². The highest BCUT2D eigenvalue weighted by Crippen LogP contribution is 2.08. The van der Waals surface area contributed by atoms with E-state index in [0.717, 1.165) is 19.6 Å². The first-order valence-electron chi connectivity index (χ1n) is 9.08. The zero-order valence-electron chi connectivity index (χ0n) is 14.8. The van der Waals surface area contributed by atoms with Crippen LogP contribution in [0.5, 0.6) is 0 Å². The van der Waals surface area contributed by atoms with Gasteiger partial charge in [-0.25, -0.2) is 0 Å². The molecule has 0 aliphatic heterocycles. The molecule has 1 radical (unpaired) electrons. The monoisotopic (exact) mass is 317 g/mol. The minimum atomic E-state index is 0.534. The molecule has 0 unspecified atom stereocenters. The van der Waals surface area contributed by atoms with Gasteiger partial charge in [0.25, 0.3) is 0 Å². The van der Waals surface area contributed by atoms with Crippen LogP contribution in [0.15, 0.2) is 0 Å². The third kappa shape index (κ3) is 19.8. The summed E-state index contributed by atoms with van der Waals surface area (Å²) in [6, 6.07) is 0. The molecule has 0 saturated heterocycles. The molecule has 0 saturated carbocycles. The van der Waals surface area contributed by atoms with E-state index < -0.39 is 0 Å². The third-order valence-electron chi connectivity index (χ3n) is 3.37. The van der Waals surface area contributed by atoms with Gasteiger partial charge >= 0.3 is 0 Å². The second kappa shape index (κ2) is 20.8. The van der Waals surface area contributed by atoms with Gasteiger partial charge in [0.2, 0.25) is 0 Å². The van der Waals surface area contributed by atoms with Crippen molar-refractivity contribution in [2.75, 3.05) is 46.2 Å². The minimum Gasteiger partial charge on any atom is -0.379 e. The largest absolute Gasteiger partial charge is 0.379 e. The molecule has 4 heteroatoms. The van der Waals surface area contributed by atoms with Crippen LogP contribution in [0, 0.1) is 6.61 Å². The molecular formula is C18H37O4. The Hall–Kier alpha value is -0.160. The number of hydrogen-bond acceptors (Lipinski definition) is 4. The number of unbranched alkanes of at least 4 members (excludes halogenated alkanes) is 7. The van der Waals surface area contributed by atoms with Gasteiger partial charge in [0, 0.05) is 13.2 Å². The molecule has 0 aromatic heterocycles. The molecule has 22 heavy (non-hydrogen) atoms. The van der Waals surface area contributed by atoms with Gasteiger partial charge in [-0.1, -0.05) is 51.9 Å². The average Bonchev–Trinajstić information content (AvgIpc) is 2.54. The lowest BCUT2D eigenvalue weighted by Crippen LogP contribution is -2.10. The first-order chi connectivity index (χ1) is 10.9. The number of rotatable bonds is 19. The maximum atomic E-state index is 5.43. The van der Waals surface area contributed by atoms with Crippen molar-refractivity contribution in [2.45, 2.75) is 65.2 Å². The average molecular weight is 317 g/mol. The lowest BCUT2D eigenvalue weighted by molar-refractivity contribution is 0.0119. The Balaban J connectivity index is 2.91. The van der Waals surface area contributed by atoms with Gasteiger partial charge in [-0.05, 0) is 13.3 Å². The van der Waals surface area contributed by atoms with Crippen LogP contribution in [0.4, 0.5) is 0 Å². The summed E-state index contributed by atoms with van der Waals surface area (Å²) in [4.78, 5) is 0. The molecule has 4 nitrogen and oxygen atoms in total. The van der Waals surface area contributed by atoms with E-state index in [1.54, 1.807) is 6.61 Å². The second-order valence-corrected chi connectivity index (χ2v) is 5.40. The summed E-state index contributed by atoms with van der Waals surface area (Å²) >= 11 is 0. The van der Waals surface area contributed by atoms with Crippen molar-refractivity contribution in [3.8, 4) is 0 Å². The summed E-state index contributed by atoms with van der Waals surface area (Å²) in [5.41, 5.74) is 0. The van der Waals surface area contributed by atoms with E-state index in [9.17, 15) is 0 Å². The van der Waals surface area contributed by atoms with Crippen molar-refractivity contribution < 1.29 is 18.9 Å². The molecule has 0 heterocycles. The lowest BCUT2D eigenvalue weighted by Gasteiger charge is -2.06. The fraction of sp³-hybridized carbons (Fsp3) is 0.944. The van der Waals surface area contributed by atoms with E-state index in [4.69, 9.17) is 18.9 Å². The van der Waals surface area contributed by atoms with E-state index >= 15 is 0 Å². The van der Waals surface area contributed by atoms with Crippen molar-refractivity contribution in [1.82, 2.24) is 0 Å². The van der Waals surface area contributed by atoms with Crippen molar-refractivity contribution in [2.24, 2.45) is 0 Å². The van der Waals surface area contributed by atoms with Gasteiger partial charge in [-0.2, -0.15) is 0 Å². The van der Waals surface area contributed by atoms with E-state index in [0.29, 0.717) is 33.0 Å². The van der Waals surface area contributed by atoms with Gasteiger partial charge in [0.1, 0.15) is 6.61 Å². The van der Waals surface area contributed by atoms with E-state index in [1.807, 2.05) is 6.92 Å². The molecule has 0 aromatic rings. The predicted octanol–water partition coefficient (Wildman–Crippen LogP) is 4.38. The molecule has 0 spiro atoms. The SMILES string of the molecule is CCCCCCCCCCO[CH]COCCOCCOCC.